The van der Waals surface area contributed by atoms with Crippen LogP contribution >= 0.6 is 0 Å². The maximum Gasteiger partial charge on any atom is 0.292 e. The molecule has 0 atom stereocenters. The Morgan fingerprint density at radius 2 is 1.76 bits per heavy atom. The van der Waals surface area contributed by atoms with Gasteiger partial charge < -0.3 is 14.3 Å². The van der Waals surface area contributed by atoms with Crippen LogP contribution < -0.4 is 5.32 Å². The highest BCUT2D eigenvalue weighted by atomic mass is 32.2. The second-order valence-electron chi connectivity index (χ2n) is 6.71. The molecule has 0 radical (unpaired) electrons. The quantitative estimate of drug-likeness (QED) is 0.513. The molecule has 0 aliphatic carbocycles. The number of amides is 1. The Labute approximate surface area is 167 Å². The number of furan rings is 1. The fraction of sp³-hybridized carbons (Fsp3) is 0.143. The molecule has 0 spiro atoms. The van der Waals surface area contributed by atoms with Crippen molar-refractivity contribution in [2.75, 3.05) is 5.32 Å². The van der Waals surface area contributed by atoms with Crippen LogP contribution in [0.5, 0.6) is 0 Å². The van der Waals surface area contributed by atoms with Crippen molar-refractivity contribution in [1.82, 2.24) is 5.16 Å². The summed E-state index contributed by atoms with van der Waals surface area (Å²) < 4.78 is 35.6. The van der Waals surface area contributed by atoms with Crippen LogP contribution in [0.4, 0.5) is 5.82 Å². The molecule has 0 saturated heterocycles. The summed E-state index contributed by atoms with van der Waals surface area (Å²) >= 11 is 0. The van der Waals surface area contributed by atoms with Gasteiger partial charge in [-0.3, -0.25) is 4.79 Å². The summed E-state index contributed by atoms with van der Waals surface area (Å²) in [6, 6.07) is 17.4. The lowest BCUT2D eigenvalue weighted by molar-refractivity contribution is 0.0994. The molecule has 2 aromatic heterocycles. The van der Waals surface area contributed by atoms with Crippen molar-refractivity contribution in [3.05, 3.63) is 83.3 Å². The minimum absolute atomic E-state index is 0.00169. The van der Waals surface area contributed by atoms with Crippen molar-refractivity contribution in [3.8, 4) is 0 Å². The number of aryl methyl sites for hydroxylation is 1. The highest BCUT2D eigenvalue weighted by Gasteiger charge is 2.20. The Morgan fingerprint density at radius 1 is 1.00 bits per heavy atom. The predicted octanol–water partition coefficient (Wildman–Crippen LogP) is 4.10. The Kier molecular flexibility index (Phi) is 4.94. The van der Waals surface area contributed by atoms with Gasteiger partial charge in [0.15, 0.2) is 27.0 Å². The number of sulfone groups is 1. The molecule has 0 aliphatic rings. The molecule has 1 amide bonds. The maximum absolute atomic E-state index is 12.5. The number of nitrogens with zero attached hydrogens (tertiary/aromatic N) is 1. The van der Waals surface area contributed by atoms with Gasteiger partial charge in [-0.05, 0) is 42.3 Å². The first-order valence-electron chi connectivity index (χ1n) is 8.91. The molecule has 29 heavy (non-hydrogen) atoms. The van der Waals surface area contributed by atoms with Crippen LogP contribution in [0, 0.1) is 6.92 Å². The Balaban J connectivity index is 1.46. The minimum atomic E-state index is -3.45. The first-order valence-corrected chi connectivity index (χ1v) is 10.7. The van der Waals surface area contributed by atoms with E-state index in [1.54, 1.807) is 36.4 Å². The summed E-state index contributed by atoms with van der Waals surface area (Å²) in [4.78, 5) is 12.4. The number of carbonyl (C=O) groups is 1. The van der Waals surface area contributed by atoms with E-state index in [0.717, 1.165) is 11.1 Å². The van der Waals surface area contributed by atoms with Gasteiger partial charge in [-0.2, -0.15) is 0 Å². The van der Waals surface area contributed by atoms with Crippen LogP contribution in [0.25, 0.3) is 11.0 Å². The first-order chi connectivity index (χ1) is 13.9. The van der Waals surface area contributed by atoms with Crippen molar-refractivity contribution in [2.24, 2.45) is 0 Å². The third kappa shape index (κ3) is 4.22. The highest BCUT2D eigenvalue weighted by molar-refractivity contribution is 7.89. The van der Waals surface area contributed by atoms with E-state index in [1.165, 1.54) is 12.1 Å². The normalized spacial score (nSPS) is 11.6. The number of rotatable bonds is 6. The standard InChI is InChI=1S/C21H18N2O5S/c1-14-6-2-3-7-15(14)12-29(25,26)13-16-10-11-19(27-16)21(24)22-20-17-8-4-5-9-18(17)28-23-20/h2-11H,12-13H2,1H3,(H,22,23,24). The van der Waals surface area contributed by atoms with Gasteiger partial charge >= 0.3 is 0 Å². The number of hydrogen-bond acceptors (Lipinski definition) is 6. The molecule has 4 aromatic rings. The fourth-order valence-corrected chi connectivity index (χ4v) is 4.49. The van der Waals surface area contributed by atoms with E-state index in [1.807, 2.05) is 19.1 Å². The molecular weight excluding hydrogens is 392 g/mol. The van der Waals surface area contributed by atoms with Gasteiger partial charge in [0.1, 0.15) is 11.5 Å². The van der Waals surface area contributed by atoms with E-state index in [2.05, 4.69) is 10.5 Å². The summed E-state index contributed by atoms with van der Waals surface area (Å²) in [6.45, 7) is 1.87. The summed E-state index contributed by atoms with van der Waals surface area (Å²) in [5.74, 6) is -0.442. The van der Waals surface area contributed by atoms with E-state index < -0.39 is 15.7 Å². The minimum Gasteiger partial charge on any atom is -0.455 e. The van der Waals surface area contributed by atoms with Gasteiger partial charge in [-0.1, -0.05) is 41.6 Å². The molecule has 7 nitrogen and oxygen atoms in total. The molecular formula is C21H18N2O5S. The zero-order valence-corrected chi connectivity index (χ0v) is 16.4. The molecule has 0 saturated carbocycles. The first kappa shape index (κ1) is 18.9. The molecule has 4 rings (SSSR count). The van der Waals surface area contributed by atoms with Gasteiger partial charge in [0, 0.05) is 0 Å². The highest BCUT2D eigenvalue weighted by Crippen LogP contribution is 2.23. The van der Waals surface area contributed by atoms with Crippen LogP contribution in [0.2, 0.25) is 0 Å². The van der Waals surface area contributed by atoms with Crippen LogP contribution in [0.3, 0.4) is 0 Å². The third-order valence-electron chi connectivity index (χ3n) is 4.49. The lowest BCUT2D eigenvalue weighted by atomic mass is 10.1. The van der Waals surface area contributed by atoms with E-state index in [9.17, 15) is 13.2 Å². The number of anilines is 1. The smallest absolute Gasteiger partial charge is 0.292 e. The van der Waals surface area contributed by atoms with Crippen molar-refractivity contribution in [1.29, 1.82) is 0 Å². The molecule has 148 valence electrons. The average molecular weight is 410 g/mol. The maximum atomic E-state index is 12.5. The van der Waals surface area contributed by atoms with Crippen molar-refractivity contribution in [3.63, 3.8) is 0 Å². The Morgan fingerprint density at radius 3 is 2.59 bits per heavy atom. The van der Waals surface area contributed by atoms with Gasteiger partial charge in [-0.25, -0.2) is 8.42 Å². The topological polar surface area (TPSA) is 102 Å². The van der Waals surface area contributed by atoms with Crippen molar-refractivity contribution in [2.45, 2.75) is 18.4 Å². The van der Waals surface area contributed by atoms with Crippen molar-refractivity contribution < 1.29 is 22.2 Å². The number of aromatic nitrogens is 1. The fourth-order valence-electron chi connectivity index (χ4n) is 3.00. The largest absolute Gasteiger partial charge is 0.455 e. The van der Waals surface area contributed by atoms with Crippen LogP contribution in [-0.2, 0) is 21.3 Å². The van der Waals surface area contributed by atoms with Crippen LogP contribution in [0.1, 0.15) is 27.4 Å². The zero-order valence-electron chi connectivity index (χ0n) is 15.6. The molecule has 1 N–H and O–H groups in total. The number of para-hydroxylation sites is 1. The van der Waals surface area contributed by atoms with E-state index in [4.69, 9.17) is 8.94 Å². The van der Waals surface area contributed by atoms with E-state index in [-0.39, 0.29) is 28.8 Å². The number of nitrogens with one attached hydrogen (secondary N) is 1. The number of carbonyl (C=O) groups excluding carboxylic acids is 1. The van der Waals surface area contributed by atoms with Crippen LogP contribution in [0.15, 0.2) is 69.6 Å². The molecule has 2 aromatic carbocycles. The molecule has 0 aliphatic heterocycles. The molecule has 0 fully saturated rings. The lowest BCUT2D eigenvalue weighted by Gasteiger charge is -2.06. The number of hydrogen-bond donors (Lipinski definition) is 1. The number of benzene rings is 2. The summed E-state index contributed by atoms with van der Waals surface area (Å²) in [6.07, 6.45) is 0. The lowest BCUT2D eigenvalue weighted by Crippen LogP contribution is -2.11. The summed E-state index contributed by atoms with van der Waals surface area (Å²) in [7, 11) is -3.45. The summed E-state index contributed by atoms with van der Waals surface area (Å²) in [5.41, 5.74) is 2.20. The molecule has 8 heteroatoms. The molecule has 2 heterocycles. The number of fused-ring (bicyclic) bond motifs is 1. The summed E-state index contributed by atoms with van der Waals surface area (Å²) in [5, 5.41) is 7.12. The van der Waals surface area contributed by atoms with Crippen molar-refractivity contribution >= 4 is 32.5 Å². The van der Waals surface area contributed by atoms with E-state index in [0.29, 0.717) is 11.0 Å². The predicted molar refractivity (Wildman–Crippen MR) is 108 cm³/mol. The zero-order chi connectivity index (χ0) is 20.4. The monoisotopic (exact) mass is 410 g/mol. The van der Waals surface area contributed by atoms with Crippen LogP contribution in [-0.4, -0.2) is 19.5 Å². The Bertz CT molecular complexity index is 1290. The SMILES string of the molecule is Cc1ccccc1CS(=O)(=O)Cc1ccc(C(=O)Nc2noc3ccccc23)o1. The average Bonchev–Trinajstić information content (AvgIpc) is 3.31. The Hall–Kier alpha value is -3.39. The second-order valence-corrected chi connectivity index (χ2v) is 8.77. The van der Waals surface area contributed by atoms with Gasteiger partial charge in [0.25, 0.3) is 5.91 Å². The van der Waals surface area contributed by atoms with E-state index >= 15 is 0 Å². The molecule has 0 bridgehead atoms. The van der Waals surface area contributed by atoms with Gasteiger partial charge in [0.05, 0.1) is 11.1 Å². The third-order valence-corrected chi connectivity index (χ3v) is 5.97. The second kappa shape index (κ2) is 7.56. The molecule has 0 unspecified atom stereocenters. The van der Waals surface area contributed by atoms with Gasteiger partial charge in [0.2, 0.25) is 0 Å². The van der Waals surface area contributed by atoms with Gasteiger partial charge in [-0.15, -0.1) is 0 Å².